The highest BCUT2D eigenvalue weighted by atomic mass is 16.5. The van der Waals surface area contributed by atoms with Gasteiger partial charge in [0.25, 0.3) is 11.7 Å². The molecule has 7 heteroatoms. The number of ether oxygens (including phenoxy) is 2. The van der Waals surface area contributed by atoms with Gasteiger partial charge in [0.1, 0.15) is 11.5 Å². The number of amides is 1. The van der Waals surface area contributed by atoms with Gasteiger partial charge in [-0.25, -0.2) is 0 Å². The third-order valence-corrected chi connectivity index (χ3v) is 7.34. The van der Waals surface area contributed by atoms with Crippen molar-refractivity contribution in [1.82, 2.24) is 9.80 Å². The number of aliphatic hydroxyl groups is 1. The van der Waals surface area contributed by atoms with Crippen molar-refractivity contribution in [2.24, 2.45) is 0 Å². The molecule has 1 N–H and O–H groups in total. The summed E-state index contributed by atoms with van der Waals surface area (Å²) in [6.45, 7) is 4.88. The van der Waals surface area contributed by atoms with Gasteiger partial charge >= 0.3 is 0 Å². The first kappa shape index (κ1) is 25.7. The summed E-state index contributed by atoms with van der Waals surface area (Å²) in [6.07, 6.45) is 0. The fraction of sp³-hybridized carbons (Fsp3) is 0.290. The lowest BCUT2D eigenvalue weighted by molar-refractivity contribution is -0.140. The van der Waals surface area contributed by atoms with E-state index in [1.807, 2.05) is 61.5 Å². The molecule has 196 valence electrons. The minimum absolute atomic E-state index is 0.112. The number of likely N-dealkylation sites (tertiary alicyclic amines) is 1. The van der Waals surface area contributed by atoms with Crippen LogP contribution in [0.5, 0.6) is 5.75 Å². The second-order valence-corrected chi connectivity index (χ2v) is 9.67. The number of ketones is 1. The van der Waals surface area contributed by atoms with E-state index in [1.165, 1.54) is 0 Å². The highest BCUT2D eigenvalue weighted by molar-refractivity contribution is 6.46. The van der Waals surface area contributed by atoms with Gasteiger partial charge in [0.05, 0.1) is 38.0 Å². The smallest absolute Gasteiger partial charge is 0.295 e. The number of Topliss-reactive ketones (excluding diaryl/α,β-unsaturated/α-hetero) is 1. The van der Waals surface area contributed by atoms with Gasteiger partial charge in [-0.05, 0) is 30.2 Å². The maximum absolute atomic E-state index is 13.6. The third-order valence-electron chi connectivity index (χ3n) is 7.34. The van der Waals surface area contributed by atoms with E-state index in [0.717, 1.165) is 22.4 Å². The van der Waals surface area contributed by atoms with Crippen LogP contribution in [-0.4, -0.2) is 66.6 Å². The van der Waals surface area contributed by atoms with Crippen molar-refractivity contribution in [3.05, 3.63) is 107 Å². The molecule has 1 amide bonds. The standard InChI is InChI=1S/C31H32N2O5/c1-21-8-10-23(11-9-21)28-27(29(34)24-6-4-3-5-7-24)30(35)31(36)33(28)20-26(32-16-18-38-19-17-32)22-12-14-25(37-2)15-13-22/h3-15,26,28,34H,16-20H2,1-2H3/t26-,28-/m0/s1. The molecule has 0 unspecified atom stereocenters. The van der Waals surface area contributed by atoms with Crippen molar-refractivity contribution in [3.63, 3.8) is 0 Å². The lowest BCUT2D eigenvalue weighted by Gasteiger charge is -2.38. The van der Waals surface area contributed by atoms with E-state index in [1.54, 1.807) is 36.3 Å². The molecule has 2 fully saturated rings. The lowest BCUT2D eigenvalue weighted by Crippen LogP contribution is -2.45. The largest absolute Gasteiger partial charge is 0.507 e. The van der Waals surface area contributed by atoms with Crippen LogP contribution in [0.4, 0.5) is 0 Å². The van der Waals surface area contributed by atoms with Gasteiger partial charge in [-0.15, -0.1) is 0 Å². The molecule has 5 rings (SSSR count). The number of carbonyl (C=O) groups is 2. The number of aryl methyl sites for hydroxylation is 1. The second-order valence-electron chi connectivity index (χ2n) is 9.67. The van der Waals surface area contributed by atoms with Crippen LogP contribution < -0.4 is 4.74 Å². The van der Waals surface area contributed by atoms with Crippen molar-refractivity contribution in [2.75, 3.05) is 40.0 Å². The Morgan fingerprint density at radius 1 is 0.974 bits per heavy atom. The molecule has 2 aliphatic rings. The molecule has 7 nitrogen and oxygen atoms in total. The molecular weight excluding hydrogens is 480 g/mol. The molecule has 0 aliphatic carbocycles. The Balaban J connectivity index is 1.60. The number of nitrogens with zero attached hydrogens (tertiary/aromatic N) is 2. The van der Waals surface area contributed by atoms with E-state index in [0.29, 0.717) is 31.9 Å². The normalized spacial score (nSPS) is 20.5. The Morgan fingerprint density at radius 2 is 1.63 bits per heavy atom. The first-order valence-corrected chi connectivity index (χ1v) is 12.8. The predicted molar refractivity (Wildman–Crippen MR) is 145 cm³/mol. The van der Waals surface area contributed by atoms with Gasteiger partial charge in [0, 0.05) is 25.2 Å². The maximum Gasteiger partial charge on any atom is 0.295 e. The Kier molecular flexibility index (Phi) is 7.58. The Bertz CT molecular complexity index is 1310. The molecule has 2 heterocycles. The topological polar surface area (TPSA) is 79.3 Å². The molecule has 2 saturated heterocycles. The fourth-order valence-electron chi connectivity index (χ4n) is 5.25. The Morgan fingerprint density at radius 3 is 2.26 bits per heavy atom. The molecule has 3 aromatic carbocycles. The molecule has 0 spiro atoms. The van der Waals surface area contributed by atoms with Gasteiger partial charge in [0.2, 0.25) is 0 Å². The number of carbonyl (C=O) groups excluding carboxylic acids is 2. The van der Waals surface area contributed by atoms with Crippen LogP contribution in [0.25, 0.3) is 5.76 Å². The van der Waals surface area contributed by atoms with E-state index in [9.17, 15) is 14.7 Å². The number of rotatable bonds is 7. The SMILES string of the molecule is COc1ccc([C@H](CN2C(=O)C(=O)C(=C(O)c3ccccc3)[C@@H]2c2ccc(C)cc2)N2CCOCC2)cc1. The average Bonchev–Trinajstić information content (AvgIpc) is 3.21. The van der Waals surface area contributed by atoms with Crippen molar-refractivity contribution < 1.29 is 24.2 Å². The minimum Gasteiger partial charge on any atom is -0.507 e. The van der Waals surface area contributed by atoms with Crippen LogP contribution in [0.2, 0.25) is 0 Å². The number of hydrogen-bond donors (Lipinski definition) is 1. The molecule has 0 bridgehead atoms. The van der Waals surface area contributed by atoms with Crippen LogP contribution in [0.1, 0.15) is 34.3 Å². The first-order valence-electron chi connectivity index (χ1n) is 12.8. The van der Waals surface area contributed by atoms with E-state index in [-0.39, 0.29) is 23.9 Å². The van der Waals surface area contributed by atoms with E-state index in [2.05, 4.69) is 4.90 Å². The zero-order valence-electron chi connectivity index (χ0n) is 21.7. The first-order chi connectivity index (χ1) is 18.5. The number of hydrogen-bond acceptors (Lipinski definition) is 6. The van der Waals surface area contributed by atoms with E-state index >= 15 is 0 Å². The molecule has 38 heavy (non-hydrogen) atoms. The van der Waals surface area contributed by atoms with Crippen LogP contribution >= 0.6 is 0 Å². The molecule has 2 atom stereocenters. The highest BCUT2D eigenvalue weighted by Gasteiger charge is 2.47. The van der Waals surface area contributed by atoms with Crippen LogP contribution in [0, 0.1) is 6.92 Å². The monoisotopic (exact) mass is 512 g/mol. The summed E-state index contributed by atoms with van der Waals surface area (Å²) < 4.78 is 10.9. The van der Waals surface area contributed by atoms with Gasteiger partial charge in [0.15, 0.2) is 0 Å². The van der Waals surface area contributed by atoms with Crippen molar-refractivity contribution >= 4 is 17.4 Å². The van der Waals surface area contributed by atoms with Gasteiger partial charge in [-0.2, -0.15) is 0 Å². The van der Waals surface area contributed by atoms with Crippen LogP contribution in [-0.2, 0) is 14.3 Å². The predicted octanol–water partition coefficient (Wildman–Crippen LogP) is 4.50. The molecule has 0 saturated carbocycles. The quantitative estimate of drug-likeness (QED) is 0.285. The average molecular weight is 513 g/mol. The fourth-order valence-corrected chi connectivity index (χ4v) is 5.25. The van der Waals surface area contributed by atoms with Crippen LogP contribution in [0.3, 0.4) is 0 Å². The zero-order valence-corrected chi connectivity index (χ0v) is 21.7. The molecular formula is C31H32N2O5. The van der Waals surface area contributed by atoms with Crippen molar-refractivity contribution in [3.8, 4) is 5.75 Å². The summed E-state index contributed by atoms with van der Waals surface area (Å²) in [7, 11) is 1.63. The summed E-state index contributed by atoms with van der Waals surface area (Å²) >= 11 is 0. The number of methoxy groups -OCH3 is 1. The maximum atomic E-state index is 13.6. The van der Waals surface area contributed by atoms with Gasteiger partial charge < -0.3 is 19.5 Å². The minimum atomic E-state index is -0.711. The second kappa shape index (κ2) is 11.2. The highest BCUT2D eigenvalue weighted by Crippen LogP contribution is 2.41. The summed E-state index contributed by atoms with van der Waals surface area (Å²) in [5, 5.41) is 11.3. The summed E-state index contributed by atoms with van der Waals surface area (Å²) in [5.41, 5.74) is 3.48. The van der Waals surface area contributed by atoms with E-state index in [4.69, 9.17) is 9.47 Å². The Labute approximate surface area is 222 Å². The lowest BCUT2D eigenvalue weighted by atomic mass is 9.94. The zero-order chi connectivity index (χ0) is 26.6. The van der Waals surface area contributed by atoms with Gasteiger partial charge in [-0.3, -0.25) is 14.5 Å². The number of morpholine rings is 1. The number of aliphatic hydroxyl groups excluding tert-OH is 1. The van der Waals surface area contributed by atoms with Gasteiger partial charge in [-0.1, -0.05) is 72.3 Å². The summed E-state index contributed by atoms with van der Waals surface area (Å²) in [5.74, 6) is -0.700. The summed E-state index contributed by atoms with van der Waals surface area (Å²) in [6, 6.07) is 23.6. The molecule has 3 aromatic rings. The van der Waals surface area contributed by atoms with Crippen molar-refractivity contribution in [2.45, 2.75) is 19.0 Å². The van der Waals surface area contributed by atoms with E-state index < -0.39 is 17.7 Å². The molecule has 0 radical (unpaired) electrons. The Hall–Kier alpha value is -3.94. The molecule has 2 aliphatic heterocycles. The number of benzene rings is 3. The third kappa shape index (κ3) is 5.08. The van der Waals surface area contributed by atoms with Crippen molar-refractivity contribution in [1.29, 1.82) is 0 Å². The molecule has 0 aromatic heterocycles. The van der Waals surface area contributed by atoms with Crippen LogP contribution in [0.15, 0.2) is 84.4 Å². The summed E-state index contributed by atoms with van der Waals surface area (Å²) in [4.78, 5) is 31.0.